The summed E-state index contributed by atoms with van der Waals surface area (Å²) in [6.45, 7) is 4.90. The van der Waals surface area contributed by atoms with E-state index in [0.29, 0.717) is 12.5 Å². The Bertz CT molecular complexity index is 136. The summed E-state index contributed by atoms with van der Waals surface area (Å²) >= 11 is 0. The van der Waals surface area contributed by atoms with E-state index in [4.69, 9.17) is 0 Å². The first-order valence-electron chi connectivity index (χ1n) is 3.73. The number of nitrogens with one attached hydrogen (secondary N) is 2. The van der Waals surface area contributed by atoms with Gasteiger partial charge in [-0.05, 0) is 13.8 Å². The lowest BCUT2D eigenvalue weighted by molar-refractivity contribution is -0.121. The summed E-state index contributed by atoms with van der Waals surface area (Å²) in [5.74, 6) is 0.157. The average molecular weight is 142 g/mol. The maximum atomic E-state index is 10.9. The van der Waals surface area contributed by atoms with Crippen LogP contribution in [0.4, 0.5) is 0 Å². The molecule has 10 heavy (non-hydrogen) atoms. The van der Waals surface area contributed by atoms with Crippen molar-refractivity contribution >= 4 is 5.91 Å². The molecule has 58 valence electrons. The molecule has 3 nitrogen and oxygen atoms in total. The molecule has 1 fully saturated rings. The highest BCUT2D eigenvalue weighted by atomic mass is 16.1. The zero-order chi connectivity index (χ0) is 7.56. The lowest BCUT2D eigenvalue weighted by atomic mass is 10.2. The molecule has 0 aliphatic carbocycles. The van der Waals surface area contributed by atoms with Crippen LogP contribution in [-0.4, -0.2) is 24.5 Å². The molecule has 0 saturated carbocycles. The van der Waals surface area contributed by atoms with Crippen LogP contribution in [0.2, 0.25) is 0 Å². The number of hydrogen-bond donors (Lipinski definition) is 2. The summed E-state index contributed by atoms with van der Waals surface area (Å²) in [5, 5.41) is 6.13. The van der Waals surface area contributed by atoms with E-state index in [1.165, 1.54) is 0 Å². The maximum Gasteiger partial charge on any atom is 0.221 e. The van der Waals surface area contributed by atoms with Crippen molar-refractivity contribution in [3.05, 3.63) is 0 Å². The number of amides is 1. The van der Waals surface area contributed by atoms with Crippen LogP contribution in [0.5, 0.6) is 0 Å². The lowest BCUT2D eigenvalue weighted by Crippen LogP contribution is -2.42. The van der Waals surface area contributed by atoms with Gasteiger partial charge in [-0.25, -0.2) is 0 Å². The molecule has 1 aliphatic rings. The monoisotopic (exact) mass is 142 g/mol. The van der Waals surface area contributed by atoms with Gasteiger partial charge in [0.1, 0.15) is 0 Å². The van der Waals surface area contributed by atoms with Crippen molar-refractivity contribution in [2.24, 2.45) is 0 Å². The second-order valence-electron chi connectivity index (χ2n) is 2.85. The van der Waals surface area contributed by atoms with Gasteiger partial charge in [-0.2, -0.15) is 0 Å². The average Bonchev–Trinajstić information content (AvgIpc) is 1.96. The molecule has 1 amide bonds. The minimum Gasteiger partial charge on any atom is -0.352 e. The first-order chi connectivity index (χ1) is 4.70. The van der Waals surface area contributed by atoms with E-state index >= 15 is 0 Å². The minimum absolute atomic E-state index is 0.157. The summed E-state index contributed by atoms with van der Waals surface area (Å²) in [6, 6.07) is 0.654. The molecule has 2 atom stereocenters. The van der Waals surface area contributed by atoms with Gasteiger partial charge < -0.3 is 10.6 Å². The molecule has 0 radical (unpaired) electrons. The van der Waals surface area contributed by atoms with Gasteiger partial charge >= 0.3 is 0 Å². The third-order valence-electron chi connectivity index (χ3n) is 1.96. The van der Waals surface area contributed by atoms with E-state index in [1.807, 2.05) is 6.92 Å². The van der Waals surface area contributed by atoms with Crippen molar-refractivity contribution in [2.75, 3.05) is 6.54 Å². The number of hydrogen-bond acceptors (Lipinski definition) is 2. The fraction of sp³-hybridized carbons (Fsp3) is 0.857. The Kier molecular flexibility index (Phi) is 2.27. The van der Waals surface area contributed by atoms with Gasteiger partial charge in [-0.3, -0.25) is 4.79 Å². The second kappa shape index (κ2) is 3.01. The Labute approximate surface area is 61.2 Å². The molecular weight excluding hydrogens is 128 g/mol. The van der Waals surface area contributed by atoms with Crippen molar-refractivity contribution in [1.82, 2.24) is 10.6 Å². The highest BCUT2D eigenvalue weighted by molar-refractivity contribution is 5.76. The van der Waals surface area contributed by atoms with E-state index in [1.54, 1.807) is 0 Å². The van der Waals surface area contributed by atoms with E-state index in [-0.39, 0.29) is 11.9 Å². The molecular formula is C7H14N2O. The van der Waals surface area contributed by atoms with Crippen molar-refractivity contribution in [3.8, 4) is 0 Å². The molecule has 0 bridgehead atoms. The van der Waals surface area contributed by atoms with Crippen LogP contribution in [0.3, 0.4) is 0 Å². The fourth-order valence-corrected chi connectivity index (χ4v) is 1.04. The molecule has 1 heterocycles. The van der Waals surface area contributed by atoms with E-state index < -0.39 is 0 Å². The Hall–Kier alpha value is -0.570. The highest BCUT2D eigenvalue weighted by Gasteiger charge is 2.17. The van der Waals surface area contributed by atoms with Crippen LogP contribution >= 0.6 is 0 Å². The molecule has 0 aromatic carbocycles. The molecule has 2 unspecified atom stereocenters. The Balaban J connectivity index is 2.49. The van der Waals surface area contributed by atoms with E-state index in [2.05, 4.69) is 17.6 Å². The zero-order valence-corrected chi connectivity index (χ0v) is 6.48. The molecule has 0 aromatic rings. The molecule has 0 aromatic heterocycles. The predicted octanol–water partition coefficient (Wildman–Crippen LogP) is -0.127. The predicted molar refractivity (Wildman–Crippen MR) is 39.7 cm³/mol. The van der Waals surface area contributed by atoms with Gasteiger partial charge in [-0.15, -0.1) is 0 Å². The maximum absolute atomic E-state index is 10.9. The first kappa shape index (κ1) is 7.54. The molecule has 1 aliphatic heterocycles. The molecule has 2 N–H and O–H groups in total. The second-order valence-corrected chi connectivity index (χ2v) is 2.85. The number of carbonyl (C=O) groups excluding carboxylic acids is 1. The fourth-order valence-electron chi connectivity index (χ4n) is 1.04. The van der Waals surface area contributed by atoms with Crippen LogP contribution in [0.15, 0.2) is 0 Å². The Morgan fingerprint density at radius 1 is 1.40 bits per heavy atom. The Morgan fingerprint density at radius 3 is 2.80 bits per heavy atom. The smallest absolute Gasteiger partial charge is 0.221 e. The van der Waals surface area contributed by atoms with Gasteiger partial charge in [0.15, 0.2) is 0 Å². The summed E-state index contributed by atoms with van der Waals surface area (Å²) < 4.78 is 0. The van der Waals surface area contributed by atoms with Crippen molar-refractivity contribution in [2.45, 2.75) is 32.4 Å². The molecule has 3 heteroatoms. The number of carbonyl (C=O) groups is 1. The zero-order valence-electron chi connectivity index (χ0n) is 6.48. The van der Waals surface area contributed by atoms with Gasteiger partial charge in [0, 0.05) is 25.0 Å². The normalized spacial score (nSPS) is 34.8. The molecule has 1 rings (SSSR count). The van der Waals surface area contributed by atoms with Crippen LogP contribution in [0, 0.1) is 0 Å². The van der Waals surface area contributed by atoms with Gasteiger partial charge in [0.25, 0.3) is 0 Å². The topological polar surface area (TPSA) is 41.1 Å². The van der Waals surface area contributed by atoms with E-state index in [9.17, 15) is 4.79 Å². The van der Waals surface area contributed by atoms with Crippen molar-refractivity contribution in [1.29, 1.82) is 0 Å². The lowest BCUT2D eigenvalue weighted by Gasteiger charge is -2.17. The van der Waals surface area contributed by atoms with E-state index in [0.717, 1.165) is 6.54 Å². The van der Waals surface area contributed by atoms with Gasteiger partial charge in [-0.1, -0.05) is 0 Å². The first-order valence-corrected chi connectivity index (χ1v) is 3.73. The third kappa shape index (κ3) is 1.70. The summed E-state index contributed by atoms with van der Waals surface area (Å²) in [7, 11) is 0. The third-order valence-corrected chi connectivity index (χ3v) is 1.96. The van der Waals surface area contributed by atoms with Crippen molar-refractivity contribution < 1.29 is 4.79 Å². The largest absolute Gasteiger partial charge is 0.352 e. The van der Waals surface area contributed by atoms with Crippen LogP contribution in [0.1, 0.15) is 20.3 Å². The van der Waals surface area contributed by atoms with Gasteiger partial charge in [0.2, 0.25) is 5.91 Å². The summed E-state index contributed by atoms with van der Waals surface area (Å²) in [5.41, 5.74) is 0. The van der Waals surface area contributed by atoms with Crippen molar-refractivity contribution in [3.63, 3.8) is 0 Å². The molecule has 0 spiro atoms. The number of rotatable bonds is 0. The summed E-state index contributed by atoms with van der Waals surface area (Å²) in [6.07, 6.45) is 0.606. The SMILES string of the molecule is CC1NCCC(=O)NC1C. The van der Waals surface area contributed by atoms with Crippen LogP contribution < -0.4 is 10.6 Å². The molecule has 1 saturated heterocycles. The van der Waals surface area contributed by atoms with Gasteiger partial charge in [0.05, 0.1) is 0 Å². The standard InChI is InChI=1S/C7H14N2O/c1-5-6(2)9-7(10)3-4-8-5/h5-6,8H,3-4H2,1-2H3,(H,9,10). The quantitative estimate of drug-likeness (QED) is 0.495. The van der Waals surface area contributed by atoms with Crippen LogP contribution in [-0.2, 0) is 4.79 Å². The minimum atomic E-state index is 0.157. The summed E-state index contributed by atoms with van der Waals surface area (Å²) in [4.78, 5) is 10.9. The Morgan fingerprint density at radius 2 is 2.10 bits per heavy atom. The highest BCUT2D eigenvalue weighted by Crippen LogP contribution is 1.96. The van der Waals surface area contributed by atoms with Crippen LogP contribution in [0.25, 0.3) is 0 Å².